The molecule has 0 aromatic rings. The molecule has 0 radical (unpaired) electrons. The first-order valence-electron chi connectivity index (χ1n) is 7.64. The Morgan fingerprint density at radius 3 is 2.24 bits per heavy atom. The molecule has 1 rings (SSSR count). The van der Waals surface area contributed by atoms with Crippen LogP contribution in [0.5, 0.6) is 0 Å². The van der Waals surface area contributed by atoms with Crippen LogP contribution in [0.2, 0.25) is 0 Å². The zero-order chi connectivity index (χ0) is 16.0. The quantitative estimate of drug-likeness (QED) is 0.787. The van der Waals surface area contributed by atoms with E-state index in [1.807, 2.05) is 27.7 Å². The third kappa shape index (κ3) is 6.65. The van der Waals surface area contributed by atoms with Gasteiger partial charge in [0.05, 0.1) is 0 Å². The first kappa shape index (κ1) is 17.5. The fourth-order valence-electron chi connectivity index (χ4n) is 2.36. The average molecular weight is 296 g/mol. The molecule has 21 heavy (non-hydrogen) atoms. The Bertz CT molecular complexity index is 410. The van der Waals surface area contributed by atoms with E-state index in [0.717, 1.165) is 31.3 Å². The fourth-order valence-corrected chi connectivity index (χ4v) is 2.36. The molecule has 0 heterocycles. The van der Waals surface area contributed by atoms with Gasteiger partial charge in [0, 0.05) is 17.7 Å². The highest BCUT2D eigenvalue weighted by Crippen LogP contribution is 2.19. The summed E-state index contributed by atoms with van der Waals surface area (Å²) in [4.78, 5) is 23.6. The van der Waals surface area contributed by atoms with E-state index >= 15 is 0 Å². The molecule has 1 fully saturated rings. The van der Waals surface area contributed by atoms with Crippen LogP contribution in [0.25, 0.3) is 0 Å². The number of rotatable bonds is 3. The maximum atomic E-state index is 11.9. The standard InChI is InChI=1S/C16H28N2O3/c1-6-11(2)14(19)17-12-8-7-9-13(10-12)18-15(20)21-16(3,4)5/h6,12-13H,7-10H2,1-5H3,(H,17,19)(H,18,20)/b11-6+. The Kier molecular flexibility index (Phi) is 6.24. The number of amides is 2. The second-order valence-corrected chi connectivity index (χ2v) is 6.65. The highest BCUT2D eigenvalue weighted by atomic mass is 16.6. The molecule has 0 spiro atoms. The van der Waals surface area contributed by atoms with Gasteiger partial charge in [0.1, 0.15) is 5.60 Å². The van der Waals surface area contributed by atoms with Gasteiger partial charge in [-0.15, -0.1) is 0 Å². The van der Waals surface area contributed by atoms with Gasteiger partial charge in [-0.05, 0) is 60.3 Å². The van der Waals surface area contributed by atoms with E-state index in [1.54, 1.807) is 13.0 Å². The molecular formula is C16H28N2O3. The molecule has 120 valence electrons. The molecule has 0 aliphatic heterocycles. The van der Waals surface area contributed by atoms with Gasteiger partial charge >= 0.3 is 6.09 Å². The summed E-state index contributed by atoms with van der Waals surface area (Å²) in [5, 5.41) is 5.92. The van der Waals surface area contributed by atoms with Crippen LogP contribution in [0.3, 0.4) is 0 Å². The fraction of sp³-hybridized carbons (Fsp3) is 0.750. The topological polar surface area (TPSA) is 67.4 Å². The molecule has 0 aromatic carbocycles. The van der Waals surface area contributed by atoms with Crippen LogP contribution < -0.4 is 10.6 Å². The average Bonchev–Trinajstić information content (AvgIpc) is 2.35. The van der Waals surface area contributed by atoms with Crippen molar-refractivity contribution in [2.75, 3.05) is 0 Å². The summed E-state index contributed by atoms with van der Waals surface area (Å²) in [6.45, 7) is 9.18. The first-order valence-corrected chi connectivity index (χ1v) is 7.64. The van der Waals surface area contributed by atoms with Crippen molar-refractivity contribution in [2.45, 2.75) is 78.0 Å². The Labute approximate surface area is 127 Å². The largest absolute Gasteiger partial charge is 0.444 e. The van der Waals surface area contributed by atoms with Gasteiger partial charge in [-0.1, -0.05) is 6.08 Å². The Balaban J connectivity index is 2.45. The van der Waals surface area contributed by atoms with Gasteiger partial charge in [0.25, 0.3) is 0 Å². The summed E-state index contributed by atoms with van der Waals surface area (Å²) in [6, 6.07) is 0.172. The number of ether oxygens (including phenoxy) is 1. The van der Waals surface area contributed by atoms with Gasteiger partial charge in [0.15, 0.2) is 0 Å². The lowest BCUT2D eigenvalue weighted by Crippen LogP contribution is -2.47. The Hall–Kier alpha value is -1.52. The number of carbonyl (C=O) groups excluding carboxylic acids is 2. The van der Waals surface area contributed by atoms with Crippen LogP contribution in [0.4, 0.5) is 4.79 Å². The predicted octanol–water partition coefficient (Wildman–Crippen LogP) is 2.90. The molecule has 1 aliphatic rings. The highest BCUT2D eigenvalue weighted by molar-refractivity contribution is 5.92. The van der Waals surface area contributed by atoms with E-state index in [1.165, 1.54) is 0 Å². The summed E-state index contributed by atoms with van der Waals surface area (Å²) in [6.07, 6.45) is 5.03. The second kappa shape index (κ2) is 7.48. The van der Waals surface area contributed by atoms with Gasteiger partial charge in [-0.2, -0.15) is 0 Å². The van der Waals surface area contributed by atoms with Crippen molar-refractivity contribution in [3.8, 4) is 0 Å². The molecule has 0 saturated heterocycles. The number of nitrogens with one attached hydrogen (secondary N) is 2. The molecule has 1 aliphatic carbocycles. The normalized spacial score (nSPS) is 23.4. The molecular weight excluding hydrogens is 268 g/mol. The van der Waals surface area contributed by atoms with E-state index < -0.39 is 5.60 Å². The number of hydrogen-bond donors (Lipinski definition) is 2. The minimum atomic E-state index is -0.491. The Morgan fingerprint density at radius 2 is 1.71 bits per heavy atom. The van der Waals surface area contributed by atoms with Crippen LogP contribution in [-0.2, 0) is 9.53 Å². The maximum Gasteiger partial charge on any atom is 0.407 e. The van der Waals surface area contributed by atoms with E-state index in [0.29, 0.717) is 0 Å². The van der Waals surface area contributed by atoms with E-state index in [2.05, 4.69) is 10.6 Å². The zero-order valence-electron chi connectivity index (χ0n) is 13.8. The third-order valence-electron chi connectivity index (χ3n) is 3.52. The summed E-state index contributed by atoms with van der Waals surface area (Å²) in [5.74, 6) is -0.0274. The van der Waals surface area contributed by atoms with E-state index in [4.69, 9.17) is 4.74 Å². The monoisotopic (exact) mass is 296 g/mol. The number of allylic oxidation sites excluding steroid dienone is 1. The Morgan fingerprint density at radius 1 is 1.14 bits per heavy atom. The summed E-state index contributed by atoms with van der Waals surface area (Å²) >= 11 is 0. The van der Waals surface area contributed by atoms with Crippen molar-refractivity contribution < 1.29 is 14.3 Å². The van der Waals surface area contributed by atoms with Crippen LogP contribution >= 0.6 is 0 Å². The second-order valence-electron chi connectivity index (χ2n) is 6.65. The molecule has 2 amide bonds. The molecule has 2 atom stereocenters. The van der Waals surface area contributed by atoms with Crippen molar-refractivity contribution in [3.63, 3.8) is 0 Å². The summed E-state index contributed by atoms with van der Waals surface area (Å²) < 4.78 is 5.27. The third-order valence-corrected chi connectivity index (χ3v) is 3.52. The summed E-state index contributed by atoms with van der Waals surface area (Å²) in [5.41, 5.74) is 0.229. The van der Waals surface area contributed by atoms with E-state index in [-0.39, 0.29) is 24.1 Å². The van der Waals surface area contributed by atoms with Crippen molar-refractivity contribution in [2.24, 2.45) is 0 Å². The molecule has 5 nitrogen and oxygen atoms in total. The minimum Gasteiger partial charge on any atom is -0.444 e. The van der Waals surface area contributed by atoms with Gasteiger partial charge < -0.3 is 15.4 Å². The van der Waals surface area contributed by atoms with Gasteiger partial charge in [-0.25, -0.2) is 4.79 Å². The van der Waals surface area contributed by atoms with Crippen molar-refractivity contribution in [1.82, 2.24) is 10.6 Å². The maximum absolute atomic E-state index is 11.9. The smallest absolute Gasteiger partial charge is 0.407 e. The zero-order valence-corrected chi connectivity index (χ0v) is 13.8. The molecule has 5 heteroatoms. The van der Waals surface area contributed by atoms with Crippen molar-refractivity contribution >= 4 is 12.0 Å². The molecule has 0 bridgehead atoms. The number of carbonyl (C=O) groups is 2. The number of hydrogen-bond acceptors (Lipinski definition) is 3. The lowest BCUT2D eigenvalue weighted by atomic mass is 9.91. The van der Waals surface area contributed by atoms with E-state index in [9.17, 15) is 9.59 Å². The molecule has 0 aromatic heterocycles. The SMILES string of the molecule is C/C=C(\C)C(=O)NC1CCCC(NC(=O)OC(C)(C)C)C1. The van der Waals surface area contributed by atoms with Crippen LogP contribution in [-0.4, -0.2) is 29.7 Å². The molecule has 2 unspecified atom stereocenters. The van der Waals surface area contributed by atoms with Gasteiger partial charge in [0.2, 0.25) is 5.91 Å². The molecule has 1 saturated carbocycles. The molecule has 2 N–H and O–H groups in total. The lowest BCUT2D eigenvalue weighted by molar-refractivity contribution is -0.118. The van der Waals surface area contributed by atoms with Crippen LogP contribution in [0.1, 0.15) is 60.3 Å². The summed E-state index contributed by atoms with van der Waals surface area (Å²) in [7, 11) is 0. The first-order chi connectivity index (χ1) is 9.71. The van der Waals surface area contributed by atoms with Gasteiger partial charge in [-0.3, -0.25) is 4.79 Å². The lowest BCUT2D eigenvalue weighted by Gasteiger charge is -2.31. The number of alkyl carbamates (subject to hydrolysis) is 1. The highest BCUT2D eigenvalue weighted by Gasteiger charge is 2.26. The van der Waals surface area contributed by atoms with Crippen LogP contribution in [0, 0.1) is 0 Å². The predicted molar refractivity (Wildman–Crippen MR) is 83.0 cm³/mol. The van der Waals surface area contributed by atoms with Crippen LogP contribution in [0.15, 0.2) is 11.6 Å². The minimum absolute atomic E-state index is 0.0274. The van der Waals surface area contributed by atoms with Crippen molar-refractivity contribution in [3.05, 3.63) is 11.6 Å². The van der Waals surface area contributed by atoms with Crippen molar-refractivity contribution in [1.29, 1.82) is 0 Å².